The van der Waals surface area contributed by atoms with Crippen molar-refractivity contribution in [1.82, 2.24) is 4.98 Å². The van der Waals surface area contributed by atoms with E-state index in [2.05, 4.69) is 26.2 Å². The van der Waals surface area contributed by atoms with E-state index in [0.717, 1.165) is 15.7 Å². The van der Waals surface area contributed by atoms with Crippen LogP contribution in [0.2, 0.25) is 0 Å². The summed E-state index contributed by atoms with van der Waals surface area (Å²) in [6, 6.07) is 18.1. The lowest BCUT2D eigenvalue weighted by atomic mass is 10.2. The Morgan fingerprint density at radius 2 is 1.85 bits per heavy atom. The van der Waals surface area contributed by atoms with Gasteiger partial charge >= 0.3 is 0 Å². The van der Waals surface area contributed by atoms with Gasteiger partial charge in [-0.05, 0) is 55.0 Å². The topological polar surface area (TPSA) is 60.5 Å². The summed E-state index contributed by atoms with van der Waals surface area (Å²) >= 11 is 3.44. The van der Waals surface area contributed by atoms with Crippen LogP contribution in [0.5, 0.6) is 17.4 Å². The maximum atomic E-state index is 12.0. The van der Waals surface area contributed by atoms with Crippen molar-refractivity contribution >= 4 is 27.5 Å². The molecule has 6 heteroatoms. The molecule has 0 atom stereocenters. The number of carbonyl (C=O) groups excluding carboxylic acids is 1. The Labute approximate surface area is 160 Å². The zero-order chi connectivity index (χ0) is 18.4. The van der Waals surface area contributed by atoms with Gasteiger partial charge in [0.25, 0.3) is 5.91 Å². The van der Waals surface area contributed by atoms with E-state index >= 15 is 0 Å². The van der Waals surface area contributed by atoms with E-state index in [0.29, 0.717) is 17.4 Å². The molecule has 0 saturated carbocycles. The van der Waals surface area contributed by atoms with Crippen molar-refractivity contribution in [2.45, 2.75) is 6.92 Å². The highest BCUT2D eigenvalue weighted by Crippen LogP contribution is 2.23. The number of nitrogens with zero attached hydrogens (tertiary/aromatic N) is 1. The van der Waals surface area contributed by atoms with E-state index in [1.165, 1.54) is 0 Å². The van der Waals surface area contributed by atoms with Crippen LogP contribution < -0.4 is 14.8 Å². The molecule has 0 radical (unpaired) electrons. The lowest BCUT2D eigenvalue weighted by Crippen LogP contribution is -2.20. The smallest absolute Gasteiger partial charge is 0.262 e. The van der Waals surface area contributed by atoms with Crippen LogP contribution in [0, 0.1) is 6.92 Å². The summed E-state index contributed by atoms with van der Waals surface area (Å²) in [5.74, 6) is 1.52. The molecular formula is C20H17BrN2O3. The van der Waals surface area contributed by atoms with Gasteiger partial charge in [-0.3, -0.25) is 4.79 Å². The fourth-order valence-corrected chi connectivity index (χ4v) is 2.53. The van der Waals surface area contributed by atoms with E-state index in [1.807, 2.05) is 37.3 Å². The Hall–Kier alpha value is -2.86. The molecular weight excluding hydrogens is 396 g/mol. The molecule has 26 heavy (non-hydrogen) atoms. The molecule has 0 saturated heterocycles. The van der Waals surface area contributed by atoms with Crippen molar-refractivity contribution in [3.8, 4) is 17.4 Å². The van der Waals surface area contributed by atoms with Gasteiger partial charge in [-0.2, -0.15) is 0 Å². The quantitative estimate of drug-likeness (QED) is 0.621. The third-order valence-corrected chi connectivity index (χ3v) is 4.36. The van der Waals surface area contributed by atoms with Crippen LogP contribution >= 0.6 is 15.9 Å². The molecule has 5 nitrogen and oxygen atoms in total. The van der Waals surface area contributed by atoms with E-state index < -0.39 is 0 Å². The number of anilines is 1. The zero-order valence-corrected chi connectivity index (χ0v) is 15.7. The molecule has 1 N–H and O–H groups in total. The Morgan fingerprint density at radius 1 is 1.08 bits per heavy atom. The highest BCUT2D eigenvalue weighted by Gasteiger charge is 2.06. The van der Waals surface area contributed by atoms with Gasteiger partial charge < -0.3 is 14.8 Å². The number of aromatic nitrogens is 1. The number of hydrogen-bond donors (Lipinski definition) is 1. The second-order valence-corrected chi connectivity index (χ2v) is 6.40. The third-order valence-electron chi connectivity index (χ3n) is 3.51. The molecule has 0 bridgehead atoms. The minimum absolute atomic E-state index is 0.0774. The van der Waals surface area contributed by atoms with E-state index in [9.17, 15) is 4.79 Å². The van der Waals surface area contributed by atoms with Gasteiger partial charge in [0, 0.05) is 22.4 Å². The van der Waals surface area contributed by atoms with Crippen molar-refractivity contribution in [2.75, 3.05) is 11.9 Å². The zero-order valence-electron chi connectivity index (χ0n) is 14.1. The van der Waals surface area contributed by atoms with Gasteiger partial charge in [0.15, 0.2) is 6.61 Å². The highest BCUT2D eigenvalue weighted by atomic mass is 79.9. The van der Waals surface area contributed by atoms with Crippen molar-refractivity contribution in [2.24, 2.45) is 0 Å². The summed E-state index contributed by atoms with van der Waals surface area (Å²) in [5, 5.41) is 2.80. The fraction of sp³-hybridized carbons (Fsp3) is 0.100. The SMILES string of the molecule is Cc1ccc(NC(=O)COc2ccc(Oc3ccccn3)cc2)cc1Br. The van der Waals surface area contributed by atoms with Crippen LogP contribution in [-0.2, 0) is 4.79 Å². The van der Waals surface area contributed by atoms with Crippen LogP contribution in [0.15, 0.2) is 71.3 Å². The van der Waals surface area contributed by atoms with Crippen LogP contribution in [0.4, 0.5) is 5.69 Å². The highest BCUT2D eigenvalue weighted by molar-refractivity contribution is 9.10. The molecule has 0 aliphatic carbocycles. The molecule has 0 spiro atoms. The molecule has 1 aromatic heterocycles. The van der Waals surface area contributed by atoms with Gasteiger partial charge in [-0.1, -0.05) is 28.1 Å². The molecule has 0 unspecified atom stereocenters. The summed E-state index contributed by atoms with van der Waals surface area (Å²) < 4.78 is 12.1. The van der Waals surface area contributed by atoms with E-state index in [4.69, 9.17) is 9.47 Å². The summed E-state index contributed by atoms with van der Waals surface area (Å²) in [6.45, 7) is 1.91. The molecule has 1 heterocycles. The maximum absolute atomic E-state index is 12.0. The molecule has 3 aromatic rings. The molecule has 2 aromatic carbocycles. The molecule has 132 valence electrons. The number of benzene rings is 2. The van der Waals surface area contributed by atoms with Crippen molar-refractivity contribution in [3.63, 3.8) is 0 Å². The van der Waals surface area contributed by atoms with Crippen molar-refractivity contribution < 1.29 is 14.3 Å². The predicted octanol–water partition coefficient (Wildman–Crippen LogP) is 4.96. The van der Waals surface area contributed by atoms with E-state index in [-0.39, 0.29) is 12.5 Å². The second kappa shape index (κ2) is 8.49. The number of carbonyl (C=O) groups is 1. The first kappa shape index (κ1) is 17.9. The number of amides is 1. The standard InChI is InChI=1S/C20H17BrN2O3/c1-14-5-6-15(12-18(14)21)23-19(24)13-25-16-7-9-17(10-8-16)26-20-4-2-3-11-22-20/h2-12H,13H2,1H3,(H,23,24). The Kier molecular flexibility index (Phi) is 5.86. The van der Waals surface area contributed by atoms with Crippen LogP contribution in [0.3, 0.4) is 0 Å². The normalized spacial score (nSPS) is 10.2. The molecule has 0 aliphatic rings. The number of nitrogens with one attached hydrogen (secondary N) is 1. The minimum Gasteiger partial charge on any atom is -0.484 e. The molecule has 0 fully saturated rings. The largest absolute Gasteiger partial charge is 0.484 e. The lowest BCUT2D eigenvalue weighted by molar-refractivity contribution is -0.118. The maximum Gasteiger partial charge on any atom is 0.262 e. The fourth-order valence-electron chi connectivity index (χ4n) is 2.15. The Bertz CT molecular complexity index is 883. The Balaban J connectivity index is 1.51. The average molecular weight is 413 g/mol. The van der Waals surface area contributed by atoms with Crippen molar-refractivity contribution in [3.05, 3.63) is 76.9 Å². The van der Waals surface area contributed by atoms with Gasteiger partial charge in [0.1, 0.15) is 11.5 Å². The first-order chi connectivity index (χ1) is 12.6. The van der Waals surface area contributed by atoms with Gasteiger partial charge in [-0.25, -0.2) is 4.98 Å². The Morgan fingerprint density at radius 3 is 2.54 bits per heavy atom. The number of hydrogen-bond acceptors (Lipinski definition) is 4. The van der Waals surface area contributed by atoms with Crippen LogP contribution in [-0.4, -0.2) is 17.5 Å². The molecule has 0 aliphatic heterocycles. The van der Waals surface area contributed by atoms with Gasteiger partial charge in [0.05, 0.1) is 0 Å². The number of aryl methyl sites for hydroxylation is 1. The molecule has 3 rings (SSSR count). The average Bonchev–Trinajstić information content (AvgIpc) is 2.65. The van der Waals surface area contributed by atoms with Crippen LogP contribution in [0.25, 0.3) is 0 Å². The predicted molar refractivity (Wildman–Crippen MR) is 104 cm³/mol. The first-order valence-electron chi connectivity index (χ1n) is 7.98. The first-order valence-corrected chi connectivity index (χ1v) is 8.77. The monoisotopic (exact) mass is 412 g/mol. The van der Waals surface area contributed by atoms with E-state index in [1.54, 1.807) is 36.5 Å². The third kappa shape index (κ3) is 5.07. The summed E-state index contributed by atoms with van der Waals surface area (Å²) in [6.07, 6.45) is 1.66. The summed E-state index contributed by atoms with van der Waals surface area (Å²) in [7, 11) is 0. The molecule has 1 amide bonds. The lowest BCUT2D eigenvalue weighted by Gasteiger charge is -2.09. The van der Waals surface area contributed by atoms with Crippen LogP contribution in [0.1, 0.15) is 5.56 Å². The van der Waals surface area contributed by atoms with Crippen molar-refractivity contribution in [1.29, 1.82) is 0 Å². The number of halogens is 1. The number of ether oxygens (including phenoxy) is 2. The van der Waals surface area contributed by atoms with Gasteiger partial charge in [-0.15, -0.1) is 0 Å². The number of pyridine rings is 1. The number of rotatable bonds is 6. The summed E-state index contributed by atoms with van der Waals surface area (Å²) in [4.78, 5) is 16.1. The van der Waals surface area contributed by atoms with Gasteiger partial charge in [0.2, 0.25) is 5.88 Å². The summed E-state index contributed by atoms with van der Waals surface area (Å²) in [5.41, 5.74) is 1.82. The second-order valence-electron chi connectivity index (χ2n) is 5.54. The minimum atomic E-state index is -0.227.